The third-order valence-electron chi connectivity index (χ3n) is 3.99. The van der Waals surface area contributed by atoms with Gasteiger partial charge >= 0.3 is 0 Å². The molecule has 31 heavy (non-hydrogen) atoms. The van der Waals surface area contributed by atoms with Crippen molar-refractivity contribution in [3.8, 4) is 17.2 Å². The van der Waals surface area contributed by atoms with Crippen molar-refractivity contribution in [1.82, 2.24) is 5.43 Å². The summed E-state index contributed by atoms with van der Waals surface area (Å²) in [5.74, 6) is 1.35. The van der Waals surface area contributed by atoms with Crippen LogP contribution in [0.15, 0.2) is 47.6 Å². The predicted molar refractivity (Wildman–Crippen MR) is 120 cm³/mol. The molecule has 0 aliphatic rings. The van der Waals surface area contributed by atoms with Gasteiger partial charge in [0.05, 0.1) is 26.0 Å². The van der Waals surface area contributed by atoms with Crippen LogP contribution in [0.25, 0.3) is 0 Å². The lowest BCUT2D eigenvalue weighted by molar-refractivity contribution is -0.124. The standard InChI is InChI=1S/C23H29N3O5/c1-5-30-21-14-17(6-11-20(21)31-16(2)3)15-24-26-23(28)13-12-22(27)25-18-7-9-19(29-4)10-8-18/h6-11,14-16H,5,12-13H2,1-4H3,(H,25,27)(H,26,28). The molecule has 2 aromatic rings. The van der Waals surface area contributed by atoms with Gasteiger partial charge in [-0.2, -0.15) is 5.10 Å². The van der Waals surface area contributed by atoms with Crippen molar-refractivity contribution in [3.63, 3.8) is 0 Å². The predicted octanol–water partition coefficient (Wildman–Crippen LogP) is 3.75. The summed E-state index contributed by atoms with van der Waals surface area (Å²) in [5.41, 5.74) is 3.81. The first-order chi connectivity index (χ1) is 14.9. The minimum Gasteiger partial charge on any atom is -0.497 e. The summed E-state index contributed by atoms with van der Waals surface area (Å²) in [7, 11) is 1.57. The van der Waals surface area contributed by atoms with Gasteiger partial charge in [-0.15, -0.1) is 0 Å². The fourth-order valence-electron chi connectivity index (χ4n) is 2.58. The molecule has 0 atom stereocenters. The summed E-state index contributed by atoms with van der Waals surface area (Å²) in [6.07, 6.45) is 1.60. The number of hydrazone groups is 1. The lowest BCUT2D eigenvalue weighted by atomic mass is 10.2. The maximum atomic E-state index is 12.0. The highest BCUT2D eigenvalue weighted by Gasteiger charge is 2.09. The van der Waals surface area contributed by atoms with E-state index in [2.05, 4.69) is 15.8 Å². The molecular formula is C23H29N3O5. The van der Waals surface area contributed by atoms with E-state index in [4.69, 9.17) is 14.2 Å². The second-order valence-electron chi connectivity index (χ2n) is 6.88. The molecule has 2 amide bonds. The normalized spacial score (nSPS) is 10.7. The van der Waals surface area contributed by atoms with Crippen molar-refractivity contribution >= 4 is 23.7 Å². The van der Waals surface area contributed by atoms with Gasteiger partial charge in [0.2, 0.25) is 11.8 Å². The molecule has 8 heteroatoms. The molecule has 0 saturated carbocycles. The van der Waals surface area contributed by atoms with Gasteiger partial charge in [-0.1, -0.05) is 0 Å². The maximum Gasteiger partial charge on any atom is 0.240 e. The topological polar surface area (TPSA) is 98.2 Å². The van der Waals surface area contributed by atoms with Crippen LogP contribution in [0.3, 0.4) is 0 Å². The third-order valence-corrected chi connectivity index (χ3v) is 3.99. The van der Waals surface area contributed by atoms with Gasteiger partial charge in [-0.05, 0) is 68.8 Å². The average molecular weight is 428 g/mol. The zero-order chi connectivity index (χ0) is 22.6. The Morgan fingerprint density at radius 1 is 1.03 bits per heavy atom. The van der Waals surface area contributed by atoms with Crippen molar-refractivity contribution in [2.45, 2.75) is 39.7 Å². The first kappa shape index (κ1) is 23.7. The molecule has 0 aromatic heterocycles. The van der Waals surface area contributed by atoms with Crippen LogP contribution in [0.2, 0.25) is 0 Å². The Kier molecular flexibility index (Phi) is 9.35. The quantitative estimate of drug-likeness (QED) is 0.420. The van der Waals surface area contributed by atoms with E-state index in [9.17, 15) is 9.59 Å². The zero-order valence-corrected chi connectivity index (χ0v) is 18.3. The molecule has 0 aliphatic carbocycles. The summed E-state index contributed by atoms with van der Waals surface area (Å²) >= 11 is 0. The molecule has 0 saturated heterocycles. The van der Waals surface area contributed by atoms with Crippen molar-refractivity contribution in [2.75, 3.05) is 19.0 Å². The summed E-state index contributed by atoms with van der Waals surface area (Å²) in [6, 6.07) is 12.4. The minimum atomic E-state index is -0.356. The number of anilines is 1. The number of ether oxygens (including phenoxy) is 3. The summed E-state index contributed by atoms with van der Waals surface area (Å²) in [6.45, 7) is 6.28. The molecule has 0 bridgehead atoms. The number of nitrogens with zero attached hydrogens (tertiary/aromatic N) is 1. The molecular weight excluding hydrogens is 398 g/mol. The van der Waals surface area contributed by atoms with E-state index in [-0.39, 0.29) is 30.8 Å². The number of rotatable bonds is 11. The van der Waals surface area contributed by atoms with E-state index in [0.717, 1.165) is 5.56 Å². The Hall–Kier alpha value is -3.55. The molecule has 2 N–H and O–H groups in total. The zero-order valence-electron chi connectivity index (χ0n) is 18.3. The van der Waals surface area contributed by atoms with Crippen molar-refractivity contribution in [3.05, 3.63) is 48.0 Å². The molecule has 0 radical (unpaired) electrons. The summed E-state index contributed by atoms with van der Waals surface area (Å²) < 4.78 is 16.4. The van der Waals surface area contributed by atoms with Gasteiger partial charge in [-0.25, -0.2) is 5.43 Å². The van der Waals surface area contributed by atoms with Gasteiger partial charge in [0.25, 0.3) is 0 Å². The van der Waals surface area contributed by atoms with Crippen LogP contribution in [0.5, 0.6) is 17.2 Å². The number of amides is 2. The molecule has 0 heterocycles. The van der Waals surface area contributed by atoms with Crippen LogP contribution in [0.1, 0.15) is 39.2 Å². The van der Waals surface area contributed by atoms with Gasteiger partial charge < -0.3 is 19.5 Å². The van der Waals surface area contributed by atoms with Crippen LogP contribution < -0.4 is 25.0 Å². The molecule has 0 fully saturated rings. The highest BCUT2D eigenvalue weighted by molar-refractivity contribution is 5.93. The van der Waals surface area contributed by atoms with Crippen LogP contribution in [0.4, 0.5) is 5.69 Å². The molecule has 0 unspecified atom stereocenters. The molecule has 0 aliphatic heterocycles. The van der Waals surface area contributed by atoms with Gasteiger partial charge in [0, 0.05) is 18.5 Å². The number of benzene rings is 2. The lowest BCUT2D eigenvalue weighted by Crippen LogP contribution is -2.20. The fraction of sp³-hybridized carbons (Fsp3) is 0.348. The van der Waals surface area contributed by atoms with E-state index >= 15 is 0 Å². The highest BCUT2D eigenvalue weighted by atomic mass is 16.5. The van der Waals surface area contributed by atoms with Crippen molar-refractivity contribution in [1.29, 1.82) is 0 Å². The van der Waals surface area contributed by atoms with Crippen molar-refractivity contribution in [2.24, 2.45) is 5.10 Å². The number of methoxy groups -OCH3 is 1. The van der Waals surface area contributed by atoms with Gasteiger partial charge in [0.15, 0.2) is 11.5 Å². The Labute approximate surface area is 182 Å². The van der Waals surface area contributed by atoms with E-state index in [1.165, 1.54) is 6.21 Å². The van der Waals surface area contributed by atoms with E-state index in [1.54, 1.807) is 43.5 Å². The first-order valence-corrected chi connectivity index (χ1v) is 10.1. The smallest absolute Gasteiger partial charge is 0.240 e. The SMILES string of the molecule is CCOc1cc(C=NNC(=O)CCC(=O)Nc2ccc(OC)cc2)ccc1OC(C)C. The Morgan fingerprint density at radius 2 is 1.74 bits per heavy atom. The number of hydrogen-bond donors (Lipinski definition) is 2. The summed E-state index contributed by atoms with van der Waals surface area (Å²) in [5, 5.41) is 6.68. The molecule has 166 valence electrons. The number of carbonyl (C=O) groups is 2. The largest absolute Gasteiger partial charge is 0.497 e. The highest BCUT2D eigenvalue weighted by Crippen LogP contribution is 2.29. The van der Waals surface area contributed by atoms with Crippen LogP contribution in [0, 0.1) is 0 Å². The second kappa shape index (κ2) is 12.2. The molecule has 2 rings (SSSR count). The first-order valence-electron chi connectivity index (χ1n) is 10.1. The van der Waals surface area contributed by atoms with Crippen molar-refractivity contribution < 1.29 is 23.8 Å². The average Bonchev–Trinajstić information content (AvgIpc) is 2.74. The Bertz CT molecular complexity index is 895. The number of carbonyl (C=O) groups excluding carboxylic acids is 2. The van der Waals surface area contributed by atoms with Crippen LogP contribution in [-0.2, 0) is 9.59 Å². The Balaban J connectivity index is 1.81. The molecule has 2 aromatic carbocycles. The van der Waals surface area contributed by atoms with Crippen LogP contribution >= 0.6 is 0 Å². The monoisotopic (exact) mass is 427 g/mol. The third kappa shape index (κ3) is 8.38. The van der Waals surface area contributed by atoms with E-state index in [1.807, 2.05) is 26.8 Å². The fourth-order valence-corrected chi connectivity index (χ4v) is 2.58. The van der Waals surface area contributed by atoms with E-state index < -0.39 is 0 Å². The lowest BCUT2D eigenvalue weighted by Gasteiger charge is -2.14. The Morgan fingerprint density at radius 3 is 2.39 bits per heavy atom. The summed E-state index contributed by atoms with van der Waals surface area (Å²) in [4.78, 5) is 23.9. The van der Waals surface area contributed by atoms with Gasteiger partial charge in [0.1, 0.15) is 5.75 Å². The number of hydrogen-bond acceptors (Lipinski definition) is 6. The minimum absolute atomic E-state index is 0.0185. The van der Waals surface area contributed by atoms with E-state index in [0.29, 0.717) is 29.5 Å². The molecule has 8 nitrogen and oxygen atoms in total. The number of nitrogens with one attached hydrogen (secondary N) is 2. The van der Waals surface area contributed by atoms with Crippen LogP contribution in [-0.4, -0.2) is 37.8 Å². The second-order valence-corrected chi connectivity index (χ2v) is 6.88. The van der Waals surface area contributed by atoms with Gasteiger partial charge in [-0.3, -0.25) is 9.59 Å². The maximum absolute atomic E-state index is 12.0. The molecule has 0 spiro atoms.